The van der Waals surface area contributed by atoms with Gasteiger partial charge in [0.05, 0.1) is 26.2 Å². The summed E-state index contributed by atoms with van der Waals surface area (Å²) in [6.45, 7) is 5.75. The van der Waals surface area contributed by atoms with Gasteiger partial charge in [-0.25, -0.2) is 0 Å². The molecule has 1 fully saturated rings. The Hall–Kier alpha value is -1.14. The lowest BCUT2D eigenvalue weighted by atomic mass is 9.99. The van der Waals surface area contributed by atoms with Crippen LogP contribution in [0.25, 0.3) is 0 Å². The number of carbonyl (C=O) groups excluding carboxylic acids is 2. The third-order valence-electron chi connectivity index (χ3n) is 4.26. The third-order valence-corrected chi connectivity index (χ3v) is 4.26. The number of nitrogens with one attached hydrogen (secondary N) is 1. The molecule has 0 radical (unpaired) electrons. The molecule has 0 aromatic rings. The van der Waals surface area contributed by atoms with Crippen LogP contribution in [0.1, 0.15) is 26.7 Å². The minimum absolute atomic E-state index is 0.0127. The summed E-state index contributed by atoms with van der Waals surface area (Å²) in [6.07, 6.45) is 1.97. The van der Waals surface area contributed by atoms with Gasteiger partial charge in [0.25, 0.3) is 0 Å². The number of amides is 1. The molecule has 1 heterocycles. The number of hydrogen-bond donors (Lipinski definition) is 1. The van der Waals surface area contributed by atoms with Gasteiger partial charge >= 0.3 is 5.97 Å². The van der Waals surface area contributed by atoms with Crippen molar-refractivity contribution in [3.05, 3.63) is 0 Å². The second-order valence-corrected chi connectivity index (χ2v) is 5.52. The second-order valence-electron chi connectivity index (χ2n) is 5.52. The van der Waals surface area contributed by atoms with Crippen LogP contribution in [-0.4, -0.2) is 63.3 Å². The molecule has 21 heavy (non-hydrogen) atoms. The molecule has 1 aliphatic heterocycles. The first kappa shape index (κ1) is 17.9. The molecule has 1 aliphatic rings. The summed E-state index contributed by atoms with van der Waals surface area (Å²) in [7, 11) is 3.17. The topological polar surface area (TPSA) is 67.9 Å². The van der Waals surface area contributed by atoms with Crippen LogP contribution in [0.2, 0.25) is 0 Å². The molecule has 1 rings (SSSR count). The smallest absolute Gasteiger partial charge is 0.325 e. The van der Waals surface area contributed by atoms with E-state index >= 15 is 0 Å². The van der Waals surface area contributed by atoms with E-state index in [1.54, 1.807) is 4.90 Å². The quantitative estimate of drug-likeness (QED) is 0.667. The van der Waals surface area contributed by atoms with Crippen LogP contribution in [-0.2, 0) is 19.1 Å². The molecular weight excluding hydrogens is 272 g/mol. The number of methoxy groups -OCH3 is 1. The van der Waals surface area contributed by atoms with Crippen LogP contribution in [0, 0.1) is 11.8 Å². The fourth-order valence-corrected chi connectivity index (χ4v) is 2.63. The van der Waals surface area contributed by atoms with Gasteiger partial charge < -0.3 is 19.7 Å². The maximum absolute atomic E-state index is 12.7. The molecular formula is C15H28N2O4. The summed E-state index contributed by atoms with van der Waals surface area (Å²) in [5.41, 5.74) is 0. The van der Waals surface area contributed by atoms with Crippen molar-refractivity contribution in [2.75, 3.05) is 40.5 Å². The first-order valence-electron chi connectivity index (χ1n) is 7.67. The summed E-state index contributed by atoms with van der Waals surface area (Å²) in [4.78, 5) is 26.0. The molecule has 6 heteroatoms. The minimum atomic E-state index is -0.380. The number of likely N-dealkylation sites (N-methyl/N-ethyl adjacent to an activating group) is 1. The van der Waals surface area contributed by atoms with E-state index in [0.29, 0.717) is 25.7 Å². The Labute approximate surface area is 127 Å². The second kappa shape index (κ2) is 9.00. The molecule has 6 nitrogen and oxygen atoms in total. The molecule has 0 aromatic carbocycles. The van der Waals surface area contributed by atoms with E-state index in [1.807, 2.05) is 7.05 Å². The molecule has 1 N–H and O–H groups in total. The van der Waals surface area contributed by atoms with Crippen molar-refractivity contribution < 1.29 is 19.1 Å². The Morgan fingerprint density at radius 1 is 1.33 bits per heavy atom. The van der Waals surface area contributed by atoms with Gasteiger partial charge in [-0.2, -0.15) is 0 Å². The minimum Gasteiger partial charge on any atom is -0.468 e. The van der Waals surface area contributed by atoms with Crippen molar-refractivity contribution in [2.45, 2.75) is 32.7 Å². The average molecular weight is 300 g/mol. The lowest BCUT2D eigenvalue weighted by Crippen LogP contribution is -2.48. The predicted octanol–water partition coefficient (Wildman–Crippen LogP) is 0.659. The first-order valence-corrected chi connectivity index (χ1v) is 7.67. The molecule has 0 saturated carbocycles. The van der Waals surface area contributed by atoms with Gasteiger partial charge in [0, 0.05) is 12.6 Å². The van der Waals surface area contributed by atoms with E-state index in [4.69, 9.17) is 9.47 Å². The first-order chi connectivity index (χ1) is 10.1. The van der Waals surface area contributed by atoms with Crippen LogP contribution in [0.4, 0.5) is 0 Å². The molecule has 2 unspecified atom stereocenters. The summed E-state index contributed by atoms with van der Waals surface area (Å²) in [5, 5.41) is 3.11. The Balaban J connectivity index is 2.78. The lowest BCUT2D eigenvalue weighted by molar-refractivity contribution is -0.149. The van der Waals surface area contributed by atoms with E-state index in [2.05, 4.69) is 19.2 Å². The van der Waals surface area contributed by atoms with E-state index in [9.17, 15) is 9.59 Å². The van der Waals surface area contributed by atoms with Gasteiger partial charge in [0.1, 0.15) is 6.54 Å². The Morgan fingerprint density at radius 2 is 2.00 bits per heavy atom. The van der Waals surface area contributed by atoms with Crippen LogP contribution in [0.5, 0.6) is 0 Å². The number of hydrogen-bond acceptors (Lipinski definition) is 5. The fraction of sp³-hybridized carbons (Fsp3) is 0.867. The van der Waals surface area contributed by atoms with Crippen LogP contribution >= 0.6 is 0 Å². The number of esters is 1. The molecule has 0 aliphatic carbocycles. The van der Waals surface area contributed by atoms with E-state index in [-0.39, 0.29) is 30.4 Å². The van der Waals surface area contributed by atoms with Gasteiger partial charge in [0.15, 0.2) is 0 Å². The molecule has 2 atom stereocenters. The molecule has 0 spiro atoms. The monoisotopic (exact) mass is 300 g/mol. The van der Waals surface area contributed by atoms with Gasteiger partial charge in [0.2, 0.25) is 5.91 Å². The fourth-order valence-electron chi connectivity index (χ4n) is 2.63. The molecule has 122 valence electrons. The highest BCUT2D eigenvalue weighted by molar-refractivity contribution is 5.84. The van der Waals surface area contributed by atoms with Gasteiger partial charge in [-0.1, -0.05) is 26.7 Å². The zero-order chi connectivity index (χ0) is 15.8. The summed E-state index contributed by atoms with van der Waals surface area (Å²) in [6, 6.07) is 0.0133. The highest BCUT2D eigenvalue weighted by Crippen LogP contribution is 2.19. The van der Waals surface area contributed by atoms with E-state index in [1.165, 1.54) is 7.11 Å². The number of rotatable bonds is 8. The number of carbonyl (C=O) groups is 2. The zero-order valence-electron chi connectivity index (χ0n) is 13.6. The summed E-state index contributed by atoms with van der Waals surface area (Å²) in [5.74, 6) is -0.235. The van der Waals surface area contributed by atoms with E-state index < -0.39 is 0 Å². The van der Waals surface area contributed by atoms with Crippen molar-refractivity contribution in [1.82, 2.24) is 10.2 Å². The number of nitrogens with zero attached hydrogens (tertiary/aromatic N) is 1. The molecule has 1 amide bonds. The van der Waals surface area contributed by atoms with Crippen molar-refractivity contribution in [3.8, 4) is 0 Å². The average Bonchev–Trinajstić information content (AvgIpc) is 2.98. The largest absolute Gasteiger partial charge is 0.468 e. The maximum Gasteiger partial charge on any atom is 0.325 e. The maximum atomic E-state index is 12.7. The molecule has 0 bridgehead atoms. The SMILES string of the molecule is CCC(CC)CN(CC(=O)OC)C(=O)C1COCC1NC. The van der Waals surface area contributed by atoms with Crippen LogP contribution in [0.3, 0.4) is 0 Å². The zero-order valence-corrected chi connectivity index (χ0v) is 13.6. The molecule has 1 saturated heterocycles. The summed E-state index contributed by atoms with van der Waals surface area (Å²) < 4.78 is 10.1. The molecule has 0 aromatic heterocycles. The lowest BCUT2D eigenvalue weighted by Gasteiger charge is -2.29. The van der Waals surface area contributed by atoms with Crippen molar-refractivity contribution in [3.63, 3.8) is 0 Å². The highest BCUT2D eigenvalue weighted by Gasteiger charge is 2.36. The van der Waals surface area contributed by atoms with Crippen molar-refractivity contribution in [2.24, 2.45) is 11.8 Å². The standard InChI is InChI=1S/C15H28N2O4/c1-5-11(6-2)7-17(8-14(18)20-4)15(19)12-9-21-10-13(12)16-3/h11-13,16H,5-10H2,1-4H3. The Morgan fingerprint density at radius 3 is 2.52 bits per heavy atom. The van der Waals surface area contributed by atoms with E-state index in [0.717, 1.165) is 12.8 Å². The normalized spacial score (nSPS) is 21.6. The van der Waals surface area contributed by atoms with Crippen LogP contribution in [0.15, 0.2) is 0 Å². The van der Waals surface area contributed by atoms with Crippen molar-refractivity contribution >= 4 is 11.9 Å². The summed E-state index contributed by atoms with van der Waals surface area (Å²) >= 11 is 0. The predicted molar refractivity (Wildman–Crippen MR) is 79.8 cm³/mol. The highest BCUT2D eigenvalue weighted by atomic mass is 16.5. The third kappa shape index (κ3) is 4.97. The Kier molecular flexibility index (Phi) is 7.67. The van der Waals surface area contributed by atoms with Crippen molar-refractivity contribution in [1.29, 1.82) is 0 Å². The number of ether oxygens (including phenoxy) is 2. The van der Waals surface area contributed by atoms with Gasteiger partial charge in [-0.05, 0) is 13.0 Å². The van der Waals surface area contributed by atoms with Gasteiger partial charge in [-0.15, -0.1) is 0 Å². The Bertz CT molecular complexity index is 345. The van der Waals surface area contributed by atoms with Gasteiger partial charge in [-0.3, -0.25) is 9.59 Å². The van der Waals surface area contributed by atoms with Crippen LogP contribution < -0.4 is 5.32 Å².